The number of hydroxylamine groups is 2. The van der Waals surface area contributed by atoms with Gasteiger partial charge in [0.2, 0.25) is 0 Å². The summed E-state index contributed by atoms with van der Waals surface area (Å²) in [6.07, 6.45) is 5.32. The standard InChI is InChI=1S/C8H11N2O3/c1-2-13-8(11)9-7-3-5-10(12)6-4-7/h3-7H,2H2,1H3,(H,9,11)/q-1. The zero-order chi connectivity index (χ0) is 9.68. The van der Waals surface area contributed by atoms with Crippen LogP contribution >= 0.6 is 0 Å². The van der Waals surface area contributed by atoms with Crippen LogP contribution in [0.1, 0.15) is 6.92 Å². The Hall–Kier alpha value is -1.49. The minimum Gasteiger partial charge on any atom is -0.755 e. The molecule has 5 heteroatoms. The van der Waals surface area contributed by atoms with Crippen molar-refractivity contribution >= 4 is 6.09 Å². The summed E-state index contributed by atoms with van der Waals surface area (Å²) in [5.74, 6) is 0. The Kier molecular flexibility index (Phi) is 3.33. The lowest BCUT2D eigenvalue weighted by Crippen LogP contribution is -2.34. The molecule has 0 aromatic rings. The van der Waals surface area contributed by atoms with E-state index >= 15 is 0 Å². The number of carbonyl (C=O) groups excluding carboxylic acids is 1. The Morgan fingerprint density at radius 3 is 2.77 bits per heavy atom. The van der Waals surface area contributed by atoms with Crippen molar-refractivity contribution in [3.63, 3.8) is 0 Å². The van der Waals surface area contributed by atoms with Crippen LogP contribution in [0.5, 0.6) is 0 Å². The van der Waals surface area contributed by atoms with Gasteiger partial charge < -0.3 is 20.3 Å². The highest BCUT2D eigenvalue weighted by Crippen LogP contribution is 2.01. The summed E-state index contributed by atoms with van der Waals surface area (Å²) in [5.41, 5.74) is 0. The molecule has 5 nitrogen and oxygen atoms in total. The van der Waals surface area contributed by atoms with E-state index in [1.165, 1.54) is 12.4 Å². The normalized spacial score (nSPS) is 16.0. The number of hydrogen-bond acceptors (Lipinski definition) is 4. The first kappa shape index (κ1) is 9.60. The molecule has 1 aliphatic heterocycles. The molecular weight excluding hydrogens is 172 g/mol. The lowest BCUT2D eigenvalue weighted by atomic mass is 10.2. The smallest absolute Gasteiger partial charge is 0.407 e. The van der Waals surface area contributed by atoms with Gasteiger partial charge >= 0.3 is 6.09 Å². The average Bonchev–Trinajstić information content (AvgIpc) is 2.09. The van der Waals surface area contributed by atoms with Gasteiger partial charge in [-0.15, -0.1) is 0 Å². The lowest BCUT2D eigenvalue weighted by Gasteiger charge is -2.26. The summed E-state index contributed by atoms with van der Waals surface area (Å²) in [6.45, 7) is 2.06. The number of nitrogens with zero attached hydrogens (tertiary/aromatic N) is 1. The molecule has 0 unspecified atom stereocenters. The fraction of sp³-hybridized carbons (Fsp3) is 0.375. The first-order valence-electron chi connectivity index (χ1n) is 3.98. The largest absolute Gasteiger partial charge is 0.755 e. The molecule has 1 amide bonds. The maximum absolute atomic E-state index is 10.9. The van der Waals surface area contributed by atoms with Crippen LogP contribution in [0.3, 0.4) is 0 Å². The van der Waals surface area contributed by atoms with Gasteiger partial charge in [-0.25, -0.2) is 4.79 Å². The van der Waals surface area contributed by atoms with Crippen LogP contribution in [-0.2, 0) is 4.74 Å². The van der Waals surface area contributed by atoms with Crippen molar-refractivity contribution < 1.29 is 9.53 Å². The number of amides is 1. The second-order valence-electron chi connectivity index (χ2n) is 2.43. The first-order valence-corrected chi connectivity index (χ1v) is 3.98. The quantitative estimate of drug-likeness (QED) is 0.692. The van der Waals surface area contributed by atoms with Crippen molar-refractivity contribution in [1.29, 1.82) is 0 Å². The van der Waals surface area contributed by atoms with Gasteiger partial charge in [-0.3, -0.25) is 0 Å². The number of ether oxygens (including phenoxy) is 1. The minimum atomic E-state index is -0.485. The Morgan fingerprint density at radius 2 is 2.23 bits per heavy atom. The van der Waals surface area contributed by atoms with Crippen molar-refractivity contribution in [2.75, 3.05) is 6.61 Å². The third kappa shape index (κ3) is 3.16. The van der Waals surface area contributed by atoms with Crippen molar-refractivity contribution in [3.05, 3.63) is 29.8 Å². The molecule has 0 bridgehead atoms. The molecular formula is C8H11N2O3-. The van der Waals surface area contributed by atoms with Gasteiger partial charge in [-0.1, -0.05) is 0 Å². The van der Waals surface area contributed by atoms with Crippen LogP contribution in [0.4, 0.5) is 4.79 Å². The van der Waals surface area contributed by atoms with E-state index in [0.717, 1.165) is 0 Å². The molecule has 0 fully saturated rings. The molecule has 1 aliphatic rings. The third-order valence-corrected chi connectivity index (χ3v) is 1.44. The van der Waals surface area contributed by atoms with E-state index in [9.17, 15) is 10.0 Å². The molecule has 13 heavy (non-hydrogen) atoms. The van der Waals surface area contributed by atoms with Crippen LogP contribution in [-0.4, -0.2) is 23.8 Å². The van der Waals surface area contributed by atoms with Crippen LogP contribution in [0.2, 0.25) is 0 Å². The monoisotopic (exact) mass is 183 g/mol. The Balaban J connectivity index is 2.34. The van der Waals surface area contributed by atoms with Crippen molar-refractivity contribution in [2.24, 2.45) is 0 Å². The fourth-order valence-corrected chi connectivity index (χ4v) is 0.874. The van der Waals surface area contributed by atoms with E-state index in [4.69, 9.17) is 0 Å². The molecule has 0 aromatic carbocycles. The van der Waals surface area contributed by atoms with E-state index in [2.05, 4.69) is 10.1 Å². The van der Waals surface area contributed by atoms with Gasteiger partial charge in [0.05, 0.1) is 12.6 Å². The Labute approximate surface area is 76.2 Å². The molecule has 0 aromatic heterocycles. The second-order valence-corrected chi connectivity index (χ2v) is 2.43. The molecule has 0 aliphatic carbocycles. The zero-order valence-corrected chi connectivity index (χ0v) is 7.27. The van der Waals surface area contributed by atoms with E-state index in [1.54, 1.807) is 19.1 Å². The van der Waals surface area contributed by atoms with Crippen molar-refractivity contribution in [3.8, 4) is 0 Å². The summed E-state index contributed by atoms with van der Waals surface area (Å²) < 4.78 is 4.66. The van der Waals surface area contributed by atoms with Gasteiger partial charge in [-0.2, -0.15) is 0 Å². The van der Waals surface area contributed by atoms with E-state index in [1.807, 2.05) is 0 Å². The van der Waals surface area contributed by atoms with E-state index in [-0.39, 0.29) is 6.04 Å². The first-order chi connectivity index (χ1) is 6.22. The Morgan fingerprint density at radius 1 is 1.62 bits per heavy atom. The fourth-order valence-electron chi connectivity index (χ4n) is 0.874. The summed E-state index contributed by atoms with van der Waals surface area (Å²) >= 11 is 0. The van der Waals surface area contributed by atoms with E-state index < -0.39 is 6.09 Å². The number of carbonyl (C=O) groups is 1. The van der Waals surface area contributed by atoms with Gasteiger partial charge in [0.1, 0.15) is 0 Å². The number of nitrogens with one attached hydrogen (secondary N) is 1. The predicted octanol–water partition coefficient (Wildman–Crippen LogP) is 0.942. The summed E-state index contributed by atoms with van der Waals surface area (Å²) in [6, 6.07) is -0.260. The van der Waals surface area contributed by atoms with Crippen LogP contribution in [0.25, 0.3) is 0 Å². The van der Waals surface area contributed by atoms with Crippen LogP contribution in [0.15, 0.2) is 24.6 Å². The lowest BCUT2D eigenvalue weighted by molar-refractivity contribution is 0.151. The van der Waals surface area contributed by atoms with Gasteiger partial charge in [-0.05, 0) is 31.5 Å². The van der Waals surface area contributed by atoms with Crippen LogP contribution < -0.4 is 5.32 Å². The van der Waals surface area contributed by atoms with Crippen LogP contribution in [0, 0.1) is 5.21 Å². The highest BCUT2D eigenvalue weighted by atomic mass is 16.5. The summed E-state index contributed by atoms with van der Waals surface area (Å²) in [5, 5.41) is 13.8. The topological polar surface area (TPSA) is 64.6 Å². The average molecular weight is 183 g/mol. The van der Waals surface area contributed by atoms with Crippen molar-refractivity contribution in [1.82, 2.24) is 10.4 Å². The SMILES string of the molecule is CCOC(=O)NC1C=CN([O-])C=C1. The third-order valence-electron chi connectivity index (χ3n) is 1.44. The summed E-state index contributed by atoms with van der Waals surface area (Å²) in [7, 11) is 0. The van der Waals surface area contributed by atoms with Gasteiger partial charge in [0, 0.05) is 0 Å². The molecule has 0 atom stereocenters. The maximum Gasteiger partial charge on any atom is 0.407 e. The van der Waals surface area contributed by atoms with Gasteiger partial charge in [0.25, 0.3) is 0 Å². The molecule has 0 radical (unpaired) electrons. The zero-order valence-electron chi connectivity index (χ0n) is 7.27. The Bertz CT molecular complexity index is 224. The molecule has 72 valence electrons. The second kappa shape index (κ2) is 4.51. The summed E-state index contributed by atoms with van der Waals surface area (Å²) in [4.78, 5) is 10.9. The maximum atomic E-state index is 10.9. The molecule has 0 spiro atoms. The highest BCUT2D eigenvalue weighted by Gasteiger charge is 2.07. The number of rotatable bonds is 2. The van der Waals surface area contributed by atoms with E-state index in [0.29, 0.717) is 11.7 Å². The molecule has 0 saturated heterocycles. The highest BCUT2D eigenvalue weighted by molar-refractivity contribution is 5.68. The van der Waals surface area contributed by atoms with Gasteiger partial charge in [0.15, 0.2) is 0 Å². The predicted molar refractivity (Wildman–Crippen MR) is 47.4 cm³/mol. The molecule has 1 heterocycles. The number of hydrogen-bond donors (Lipinski definition) is 1. The number of alkyl carbamates (subject to hydrolysis) is 1. The molecule has 0 saturated carbocycles. The minimum absolute atomic E-state index is 0.260. The molecule has 1 rings (SSSR count). The molecule has 1 N–H and O–H groups in total. The van der Waals surface area contributed by atoms with Crippen molar-refractivity contribution in [2.45, 2.75) is 13.0 Å².